The van der Waals surface area contributed by atoms with E-state index in [0.717, 1.165) is 39.3 Å². The molecule has 0 bridgehead atoms. The SMILES string of the molecule is COc1ccc(CO[C@@H]2[C@@H](OCc3ccccc3)[C@H](OCc3ccc(OC)cc3)[C@@H](O)[C@H](COCc3ccccc3)[C@H]2OCc2ccccc2)cc1. The smallest absolute Gasteiger partial charge is 0.118 e. The first-order valence-electron chi connectivity index (χ1n) is 17.7. The number of rotatable bonds is 18. The van der Waals surface area contributed by atoms with Crippen molar-refractivity contribution in [3.63, 3.8) is 0 Å². The molecule has 0 heterocycles. The Labute approximate surface area is 306 Å². The van der Waals surface area contributed by atoms with Gasteiger partial charge in [0.2, 0.25) is 0 Å². The van der Waals surface area contributed by atoms with Crippen molar-refractivity contribution in [2.24, 2.45) is 5.92 Å². The third-order valence-electron chi connectivity index (χ3n) is 9.36. The summed E-state index contributed by atoms with van der Waals surface area (Å²) in [5.41, 5.74) is 4.94. The highest BCUT2D eigenvalue weighted by Gasteiger charge is 2.53. The van der Waals surface area contributed by atoms with Crippen LogP contribution >= 0.6 is 0 Å². The Morgan fingerprint density at radius 3 is 1.17 bits per heavy atom. The van der Waals surface area contributed by atoms with Crippen LogP contribution in [0.25, 0.3) is 0 Å². The van der Waals surface area contributed by atoms with Crippen LogP contribution in [0.15, 0.2) is 140 Å². The molecule has 6 atom stereocenters. The van der Waals surface area contributed by atoms with Crippen molar-refractivity contribution >= 4 is 0 Å². The molecule has 0 spiro atoms. The number of methoxy groups -OCH3 is 2. The van der Waals surface area contributed by atoms with Crippen LogP contribution < -0.4 is 9.47 Å². The van der Waals surface area contributed by atoms with Gasteiger partial charge in [0.1, 0.15) is 29.8 Å². The summed E-state index contributed by atoms with van der Waals surface area (Å²) in [5.74, 6) is 1.01. The van der Waals surface area contributed by atoms with E-state index in [1.54, 1.807) is 14.2 Å². The van der Waals surface area contributed by atoms with Gasteiger partial charge in [0, 0.05) is 5.92 Å². The van der Waals surface area contributed by atoms with Crippen LogP contribution in [0.3, 0.4) is 0 Å². The maximum atomic E-state index is 12.3. The summed E-state index contributed by atoms with van der Waals surface area (Å²) in [7, 11) is 3.29. The molecule has 1 fully saturated rings. The van der Waals surface area contributed by atoms with Gasteiger partial charge in [-0.3, -0.25) is 0 Å². The summed E-state index contributed by atoms with van der Waals surface area (Å²) in [6.45, 7) is 1.74. The van der Waals surface area contributed by atoms with E-state index in [4.69, 9.17) is 33.2 Å². The second-order valence-electron chi connectivity index (χ2n) is 12.9. The molecule has 1 aliphatic rings. The predicted molar refractivity (Wildman–Crippen MR) is 199 cm³/mol. The van der Waals surface area contributed by atoms with E-state index >= 15 is 0 Å². The standard InChI is InChI=1S/C44H48O8/c1-46-37-22-18-35(19-23-37)29-50-42-40(45)39(31-48-26-32-12-6-3-7-13-32)41(49-27-33-14-8-4-9-15-33)43(44(42)52-28-34-16-10-5-11-17-34)51-30-36-20-24-38(47-2)25-21-36/h3-25,39-45H,26-31H2,1-2H3/t39-,40-,41+,42+,43-,44-/m0/s1. The maximum absolute atomic E-state index is 12.3. The first-order chi connectivity index (χ1) is 25.6. The molecule has 5 aromatic carbocycles. The maximum Gasteiger partial charge on any atom is 0.118 e. The summed E-state index contributed by atoms with van der Waals surface area (Å²) >= 11 is 0. The zero-order chi connectivity index (χ0) is 36.0. The van der Waals surface area contributed by atoms with Gasteiger partial charge in [-0.1, -0.05) is 115 Å². The lowest BCUT2D eigenvalue weighted by Gasteiger charge is -2.48. The Kier molecular flexibility index (Phi) is 13.8. The van der Waals surface area contributed by atoms with E-state index in [0.29, 0.717) is 19.8 Å². The number of aliphatic hydroxyl groups is 1. The molecule has 1 N–H and O–H groups in total. The summed E-state index contributed by atoms with van der Waals surface area (Å²) < 4.78 is 44.1. The first kappa shape index (κ1) is 37.2. The van der Waals surface area contributed by atoms with Gasteiger partial charge >= 0.3 is 0 Å². The molecule has 1 saturated carbocycles. The van der Waals surface area contributed by atoms with Gasteiger partial charge < -0.3 is 38.3 Å². The Bertz CT molecular complexity index is 1720. The number of aliphatic hydroxyl groups excluding tert-OH is 1. The number of ether oxygens (including phenoxy) is 7. The van der Waals surface area contributed by atoms with Crippen LogP contribution in [0.5, 0.6) is 11.5 Å². The van der Waals surface area contributed by atoms with E-state index in [2.05, 4.69) is 0 Å². The van der Waals surface area contributed by atoms with Gasteiger partial charge in [0.15, 0.2) is 0 Å². The molecule has 0 aliphatic heterocycles. The summed E-state index contributed by atoms with van der Waals surface area (Å²) in [6, 6.07) is 45.5. The van der Waals surface area contributed by atoms with Crippen molar-refractivity contribution in [3.05, 3.63) is 167 Å². The largest absolute Gasteiger partial charge is 0.497 e. The first-order valence-corrected chi connectivity index (χ1v) is 17.7. The Morgan fingerprint density at radius 1 is 0.404 bits per heavy atom. The van der Waals surface area contributed by atoms with Crippen molar-refractivity contribution in [2.75, 3.05) is 20.8 Å². The Balaban J connectivity index is 1.33. The van der Waals surface area contributed by atoms with Crippen LogP contribution in [-0.4, -0.2) is 56.5 Å². The molecule has 0 radical (unpaired) electrons. The van der Waals surface area contributed by atoms with Crippen molar-refractivity contribution in [1.82, 2.24) is 0 Å². The molecule has 8 nitrogen and oxygen atoms in total. The number of hydrogen-bond acceptors (Lipinski definition) is 8. The van der Waals surface area contributed by atoms with Crippen LogP contribution in [0.1, 0.15) is 27.8 Å². The third-order valence-corrected chi connectivity index (χ3v) is 9.36. The fourth-order valence-corrected chi connectivity index (χ4v) is 6.48. The second kappa shape index (κ2) is 19.3. The summed E-state index contributed by atoms with van der Waals surface area (Å²) in [6.07, 6.45) is -3.71. The highest BCUT2D eigenvalue weighted by molar-refractivity contribution is 5.28. The van der Waals surface area contributed by atoms with E-state index < -0.39 is 36.4 Å². The molecule has 0 unspecified atom stereocenters. The molecule has 8 heteroatoms. The Morgan fingerprint density at radius 2 is 0.750 bits per heavy atom. The van der Waals surface area contributed by atoms with E-state index in [9.17, 15) is 5.11 Å². The van der Waals surface area contributed by atoms with Crippen LogP contribution in [0.4, 0.5) is 0 Å². The lowest BCUT2D eigenvalue weighted by atomic mass is 9.78. The second-order valence-corrected chi connectivity index (χ2v) is 12.9. The lowest BCUT2D eigenvalue weighted by Crippen LogP contribution is -2.64. The number of hydrogen-bond donors (Lipinski definition) is 1. The predicted octanol–water partition coefficient (Wildman–Crippen LogP) is 7.55. The number of benzene rings is 5. The van der Waals surface area contributed by atoms with Crippen LogP contribution in [0.2, 0.25) is 0 Å². The van der Waals surface area contributed by atoms with Gasteiger partial charge in [0.05, 0.1) is 66.1 Å². The quantitative estimate of drug-likeness (QED) is 0.100. The molecule has 5 aromatic rings. The summed E-state index contributed by atoms with van der Waals surface area (Å²) in [4.78, 5) is 0. The molecule has 0 saturated heterocycles. The lowest BCUT2D eigenvalue weighted by molar-refractivity contribution is -0.266. The van der Waals surface area contributed by atoms with E-state index in [-0.39, 0.29) is 19.8 Å². The normalized spacial score (nSPS) is 21.4. The van der Waals surface area contributed by atoms with Crippen molar-refractivity contribution < 1.29 is 38.3 Å². The minimum absolute atomic E-state index is 0.214. The molecule has 272 valence electrons. The molecule has 0 amide bonds. The van der Waals surface area contributed by atoms with Crippen molar-refractivity contribution in [2.45, 2.75) is 63.6 Å². The van der Waals surface area contributed by atoms with Crippen molar-refractivity contribution in [3.8, 4) is 11.5 Å². The molecular formula is C44H48O8. The van der Waals surface area contributed by atoms with Gasteiger partial charge in [-0.25, -0.2) is 0 Å². The van der Waals surface area contributed by atoms with Gasteiger partial charge in [0.25, 0.3) is 0 Å². The topological polar surface area (TPSA) is 84.8 Å². The highest BCUT2D eigenvalue weighted by Crippen LogP contribution is 2.37. The minimum atomic E-state index is -1.00. The summed E-state index contributed by atoms with van der Waals surface area (Å²) in [5, 5.41) is 12.3. The average Bonchev–Trinajstić information content (AvgIpc) is 3.20. The molecule has 0 aromatic heterocycles. The molecular weight excluding hydrogens is 656 g/mol. The van der Waals surface area contributed by atoms with Crippen LogP contribution in [0, 0.1) is 5.92 Å². The molecule has 1 aliphatic carbocycles. The zero-order valence-corrected chi connectivity index (χ0v) is 29.8. The minimum Gasteiger partial charge on any atom is -0.497 e. The molecule has 6 rings (SSSR count). The Hall–Kier alpha value is -4.54. The third kappa shape index (κ3) is 10.3. The zero-order valence-electron chi connectivity index (χ0n) is 29.8. The highest BCUT2D eigenvalue weighted by atomic mass is 16.6. The fourth-order valence-electron chi connectivity index (χ4n) is 6.48. The van der Waals surface area contributed by atoms with E-state index in [1.165, 1.54) is 0 Å². The van der Waals surface area contributed by atoms with Gasteiger partial charge in [-0.15, -0.1) is 0 Å². The van der Waals surface area contributed by atoms with Gasteiger partial charge in [-0.2, -0.15) is 0 Å². The average molecular weight is 705 g/mol. The van der Waals surface area contributed by atoms with E-state index in [1.807, 2.05) is 140 Å². The monoisotopic (exact) mass is 704 g/mol. The fraction of sp³-hybridized carbons (Fsp3) is 0.318. The van der Waals surface area contributed by atoms with Gasteiger partial charge in [-0.05, 0) is 52.1 Å². The van der Waals surface area contributed by atoms with Crippen molar-refractivity contribution in [1.29, 1.82) is 0 Å². The molecule has 52 heavy (non-hydrogen) atoms. The van der Waals surface area contributed by atoms with Crippen LogP contribution in [-0.2, 0) is 56.7 Å².